The first kappa shape index (κ1) is 12.8. The molecule has 1 heterocycles. The van der Waals surface area contributed by atoms with Gasteiger partial charge in [-0.2, -0.15) is 0 Å². The van der Waals surface area contributed by atoms with Gasteiger partial charge in [0.15, 0.2) is 0 Å². The van der Waals surface area contributed by atoms with Gasteiger partial charge in [-0.3, -0.25) is 0 Å². The zero-order valence-corrected chi connectivity index (χ0v) is 10.9. The lowest BCUT2D eigenvalue weighted by atomic mass is 10.0. The van der Waals surface area contributed by atoms with Crippen LogP contribution >= 0.6 is 0 Å². The summed E-state index contributed by atoms with van der Waals surface area (Å²) in [6, 6.07) is 8.28. The number of nitrogens with zero attached hydrogens (tertiary/aromatic N) is 2. The molecule has 96 valence electrons. The van der Waals surface area contributed by atoms with Crippen molar-refractivity contribution in [2.45, 2.75) is 26.7 Å². The summed E-state index contributed by atoms with van der Waals surface area (Å²) in [4.78, 5) is 0. The van der Waals surface area contributed by atoms with Crippen LogP contribution in [-0.2, 0) is 12.8 Å². The van der Waals surface area contributed by atoms with Crippen LogP contribution in [0, 0.1) is 5.92 Å². The standard InChI is InChI=1S/C14H19N3O/c1-10(2)9-11-3-5-12(6-4-11)14-17-16-13(18-14)7-8-15/h3-6,10H,7-9,15H2,1-2H3. The average molecular weight is 245 g/mol. The first-order valence-electron chi connectivity index (χ1n) is 6.31. The zero-order chi connectivity index (χ0) is 13.0. The molecule has 0 aliphatic carbocycles. The van der Waals surface area contributed by atoms with Crippen molar-refractivity contribution < 1.29 is 4.42 Å². The summed E-state index contributed by atoms with van der Waals surface area (Å²) in [7, 11) is 0. The molecule has 1 aromatic carbocycles. The number of hydrogen-bond acceptors (Lipinski definition) is 4. The van der Waals surface area contributed by atoms with Crippen LogP contribution in [0.25, 0.3) is 11.5 Å². The second kappa shape index (κ2) is 5.78. The van der Waals surface area contributed by atoms with Gasteiger partial charge in [-0.05, 0) is 30.0 Å². The largest absolute Gasteiger partial charge is 0.421 e. The van der Waals surface area contributed by atoms with Crippen LogP contribution in [0.5, 0.6) is 0 Å². The minimum absolute atomic E-state index is 0.523. The van der Waals surface area contributed by atoms with Crippen LogP contribution in [-0.4, -0.2) is 16.7 Å². The molecule has 2 N–H and O–H groups in total. The number of hydrogen-bond donors (Lipinski definition) is 1. The van der Waals surface area contributed by atoms with Gasteiger partial charge >= 0.3 is 0 Å². The highest BCUT2D eigenvalue weighted by molar-refractivity contribution is 5.52. The van der Waals surface area contributed by atoms with Crippen LogP contribution < -0.4 is 5.73 Å². The van der Waals surface area contributed by atoms with Gasteiger partial charge in [0.05, 0.1) is 0 Å². The topological polar surface area (TPSA) is 64.9 Å². The van der Waals surface area contributed by atoms with E-state index in [-0.39, 0.29) is 0 Å². The van der Waals surface area contributed by atoms with Crippen molar-refractivity contribution in [3.05, 3.63) is 35.7 Å². The number of aromatic nitrogens is 2. The summed E-state index contributed by atoms with van der Waals surface area (Å²) < 4.78 is 5.53. The Balaban J connectivity index is 2.12. The second-order valence-corrected chi connectivity index (χ2v) is 4.83. The van der Waals surface area contributed by atoms with Crippen molar-refractivity contribution in [2.24, 2.45) is 11.7 Å². The summed E-state index contributed by atoms with van der Waals surface area (Å²) in [5.74, 6) is 1.82. The molecule has 2 aromatic rings. The van der Waals surface area contributed by atoms with Crippen LogP contribution in [0.15, 0.2) is 28.7 Å². The van der Waals surface area contributed by atoms with Crippen LogP contribution in [0.3, 0.4) is 0 Å². The highest BCUT2D eigenvalue weighted by Gasteiger charge is 2.08. The fraction of sp³-hybridized carbons (Fsp3) is 0.429. The van der Waals surface area contributed by atoms with Crippen LogP contribution in [0.1, 0.15) is 25.3 Å². The third kappa shape index (κ3) is 3.17. The molecule has 4 heteroatoms. The maximum Gasteiger partial charge on any atom is 0.247 e. The second-order valence-electron chi connectivity index (χ2n) is 4.83. The average Bonchev–Trinajstić information content (AvgIpc) is 2.78. The van der Waals surface area contributed by atoms with Gasteiger partial charge in [0.25, 0.3) is 0 Å². The van der Waals surface area contributed by atoms with Crippen molar-refractivity contribution in [3.8, 4) is 11.5 Å². The van der Waals surface area contributed by atoms with Crippen molar-refractivity contribution in [3.63, 3.8) is 0 Å². The van der Waals surface area contributed by atoms with E-state index in [2.05, 4.69) is 36.2 Å². The monoisotopic (exact) mass is 245 g/mol. The number of rotatable bonds is 5. The van der Waals surface area contributed by atoms with E-state index in [1.54, 1.807) is 0 Å². The minimum atomic E-state index is 0.523. The van der Waals surface area contributed by atoms with E-state index >= 15 is 0 Å². The maximum atomic E-state index is 5.53. The molecule has 0 aliphatic heterocycles. The molecule has 18 heavy (non-hydrogen) atoms. The molecule has 4 nitrogen and oxygen atoms in total. The van der Waals surface area contributed by atoms with Crippen molar-refractivity contribution in [2.75, 3.05) is 6.54 Å². The third-order valence-corrected chi connectivity index (χ3v) is 2.67. The minimum Gasteiger partial charge on any atom is -0.421 e. The quantitative estimate of drug-likeness (QED) is 0.878. The van der Waals surface area contributed by atoms with Gasteiger partial charge in [-0.1, -0.05) is 26.0 Å². The van der Waals surface area contributed by atoms with Crippen LogP contribution in [0.4, 0.5) is 0 Å². The van der Waals surface area contributed by atoms with E-state index in [0.29, 0.717) is 30.7 Å². The number of benzene rings is 1. The Bertz CT molecular complexity index is 488. The first-order valence-corrected chi connectivity index (χ1v) is 6.31. The molecule has 1 aromatic heterocycles. The maximum absolute atomic E-state index is 5.53. The fourth-order valence-electron chi connectivity index (χ4n) is 1.85. The summed E-state index contributed by atoms with van der Waals surface area (Å²) in [5.41, 5.74) is 7.73. The SMILES string of the molecule is CC(C)Cc1ccc(-c2nnc(CCN)o2)cc1. The lowest BCUT2D eigenvalue weighted by Gasteiger charge is -2.04. The summed E-state index contributed by atoms with van der Waals surface area (Å²) >= 11 is 0. The van der Waals surface area contributed by atoms with Crippen molar-refractivity contribution in [1.82, 2.24) is 10.2 Å². The first-order chi connectivity index (χ1) is 8.69. The molecule has 0 radical (unpaired) electrons. The normalized spacial score (nSPS) is 11.1. The molecule has 0 bridgehead atoms. The Labute approximate surface area is 107 Å². The molecule has 0 fully saturated rings. The predicted molar refractivity (Wildman–Crippen MR) is 71.0 cm³/mol. The van der Waals surface area contributed by atoms with Crippen molar-refractivity contribution >= 4 is 0 Å². The molecule has 0 atom stereocenters. The van der Waals surface area contributed by atoms with Gasteiger partial charge in [-0.15, -0.1) is 10.2 Å². The van der Waals surface area contributed by atoms with Gasteiger partial charge in [-0.25, -0.2) is 0 Å². The number of nitrogens with two attached hydrogens (primary N) is 1. The van der Waals surface area contributed by atoms with E-state index < -0.39 is 0 Å². The smallest absolute Gasteiger partial charge is 0.247 e. The molecule has 0 saturated carbocycles. The van der Waals surface area contributed by atoms with E-state index in [0.717, 1.165) is 12.0 Å². The highest BCUT2D eigenvalue weighted by atomic mass is 16.4. The third-order valence-electron chi connectivity index (χ3n) is 2.67. The summed E-state index contributed by atoms with van der Waals surface area (Å²) in [6.07, 6.45) is 1.71. The van der Waals surface area contributed by atoms with Crippen molar-refractivity contribution in [1.29, 1.82) is 0 Å². The van der Waals surface area contributed by atoms with Gasteiger partial charge < -0.3 is 10.2 Å². The van der Waals surface area contributed by atoms with E-state index in [1.807, 2.05) is 12.1 Å². The molecular formula is C14H19N3O. The molecule has 2 rings (SSSR count). The van der Waals surface area contributed by atoms with E-state index in [1.165, 1.54) is 5.56 Å². The predicted octanol–water partition coefficient (Wildman–Crippen LogP) is 2.44. The Morgan fingerprint density at radius 1 is 1.17 bits per heavy atom. The molecule has 0 saturated heterocycles. The summed E-state index contributed by atoms with van der Waals surface area (Å²) in [6.45, 7) is 4.95. The highest BCUT2D eigenvalue weighted by Crippen LogP contribution is 2.19. The molecule has 0 unspecified atom stereocenters. The van der Waals surface area contributed by atoms with Gasteiger partial charge in [0, 0.05) is 18.5 Å². The molecule has 0 amide bonds. The van der Waals surface area contributed by atoms with E-state index in [4.69, 9.17) is 10.2 Å². The van der Waals surface area contributed by atoms with Crippen LogP contribution in [0.2, 0.25) is 0 Å². The lowest BCUT2D eigenvalue weighted by Crippen LogP contribution is -2.02. The molecule has 0 spiro atoms. The van der Waals surface area contributed by atoms with Gasteiger partial charge in [0.2, 0.25) is 11.8 Å². The summed E-state index contributed by atoms with van der Waals surface area (Å²) in [5, 5.41) is 7.98. The Morgan fingerprint density at radius 2 is 1.89 bits per heavy atom. The Morgan fingerprint density at radius 3 is 2.50 bits per heavy atom. The van der Waals surface area contributed by atoms with Gasteiger partial charge in [0.1, 0.15) is 0 Å². The Hall–Kier alpha value is -1.68. The molecular weight excluding hydrogens is 226 g/mol. The lowest BCUT2D eigenvalue weighted by molar-refractivity contribution is 0.507. The fourth-order valence-corrected chi connectivity index (χ4v) is 1.85. The Kier molecular flexibility index (Phi) is 4.10. The zero-order valence-electron chi connectivity index (χ0n) is 10.9. The molecule has 0 aliphatic rings. The van der Waals surface area contributed by atoms with E-state index in [9.17, 15) is 0 Å².